The van der Waals surface area contributed by atoms with Crippen LogP contribution in [0.15, 0.2) is 54.6 Å². The summed E-state index contributed by atoms with van der Waals surface area (Å²) in [6.07, 6.45) is 2.48. The second kappa shape index (κ2) is 10.4. The molecule has 0 saturated carbocycles. The first kappa shape index (κ1) is 18.8. The maximum Gasteiger partial charge on any atom is 1.00 e. The summed E-state index contributed by atoms with van der Waals surface area (Å²) in [6, 6.07) is 18.2. The van der Waals surface area contributed by atoms with Gasteiger partial charge in [-0.05, 0) is 48.9 Å². The van der Waals surface area contributed by atoms with Crippen LogP contribution in [-0.2, 0) is 4.79 Å². The van der Waals surface area contributed by atoms with E-state index in [1.807, 2.05) is 42.5 Å². The Bertz CT molecular complexity index is 552. The SMILES string of the molecule is O=C([O-])CCCCCOc1ccc(-c2ccccc2)cc1.[Na+]. The van der Waals surface area contributed by atoms with Crippen molar-refractivity contribution in [1.29, 1.82) is 0 Å². The molecular formula is C18H19NaO3. The molecule has 0 aliphatic heterocycles. The number of aliphatic carboxylic acids is 1. The number of benzene rings is 2. The average molecular weight is 306 g/mol. The van der Waals surface area contributed by atoms with Crippen LogP contribution in [0.25, 0.3) is 11.1 Å². The van der Waals surface area contributed by atoms with E-state index >= 15 is 0 Å². The zero-order valence-electron chi connectivity index (χ0n) is 13.0. The topological polar surface area (TPSA) is 49.4 Å². The van der Waals surface area contributed by atoms with Crippen molar-refractivity contribution in [2.45, 2.75) is 25.7 Å². The molecule has 0 radical (unpaired) electrons. The third-order valence-electron chi connectivity index (χ3n) is 3.26. The first-order valence-electron chi connectivity index (χ1n) is 7.24. The number of ether oxygens (including phenoxy) is 1. The summed E-state index contributed by atoms with van der Waals surface area (Å²) >= 11 is 0. The molecule has 0 spiro atoms. The maximum atomic E-state index is 10.3. The van der Waals surface area contributed by atoms with Gasteiger partial charge in [0.15, 0.2) is 0 Å². The van der Waals surface area contributed by atoms with Gasteiger partial charge in [0.05, 0.1) is 6.61 Å². The number of rotatable bonds is 8. The molecular weight excluding hydrogens is 287 g/mol. The van der Waals surface area contributed by atoms with Gasteiger partial charge in [-0.15, -0.1) is 0 Å². The fraction of sp³-hybridized carbons (Fsp3) is 0.278. The van der Waals surface area contributed by atoms with E-state index in [1.165, 1.54) is 5.56 Å². The molecule has 0 saturated heterocycles. The number of carbonyl (C=O) groups excluding carboxylic acids is 1. The average Bonchev–Trinajstić information content (AvgIpc) is 2.52. The van der Waals surface area contributed by atoms with Gasteiger partial charge in [-0.25, -0.2) is 0 Å². The first-order chi connectivity index (χ1) is 10.3. The fourth-order valence-electron chi connectivity index (χ4n) is 2.11. The molecule has 0 atom stereocenters. The molecule has 4 heteroatoms. The number of carbonyl (C=O) groups is 1. The quantitative estimate of drug-likeness (QED) is 0.511. The minimum absolute atomic E-state index is 0. The second-order valence-corrected chi connectivity index (χ2v) is 4.92. The Morgan fingerprint density at radius 3 is 2.14 bits per heavy atom. The monoisotopic (exact) mass is 306 g/mol. The molecule has 22 heavy (non-hydrogen) atoms. The summed E-state index contributed by atoms with van der Waals surface area (Å²) in [5.74, 6) is -0.137. The standard InChI is InChI=1S/C18H20O3.Na/c19-18(20)9-5-2-6-14-21-17-12-10-16(11-13-17)15-7-3-1-4-8-15;/h1,3-4,7-8,10-13H,2,5-6,9,14H2,(H,19,20);/q;+1/p-1. The van der Waals surface area contributed by atoms with Gasteiger partial charge in [0.25, 0.3) is 0 Å². The fourth-order valence-corrected chi connectivity index (χ4v) is 2.11. The minimum atomic E-state index is -0.979. The molecule has 0 aromatic heterocycles. The normalized spacial score (nSPS) is 9.82. The van der Waals surface area contributed by atoms with Gasteiger partial charge in [-0.1, -0.05) is 42.5 Å². The molecule has 0 heterocycles. The van der Waals surface area contributed by atoms with Crippen LogP contribution in [-0.4, -0.2) is 12.6 Å². The third-order valence-corrected chi connectivity index (χ3v) is 3.26. The molecule has 0 unspecified atom stereocenters. The predicted molar refractivity (Wildman–Crippen MR) is 80.8 cm³/mol. The predicted octanol–water partition coefficient (Wildman–Crippen LogP) is 0.0467. The minimum Gasteiger partial charge on any atom is -0.550 e. The largest absolute Gasteiger partial charge is 1.00 e. The van der Waals surface area contributed by atoms with E-state index in [0.717, 1.165) is 24.2 Å². The van der Waals surface area contributed by atoms with Gasteiger partial charge in [-0.3, -0.25) is 0 Å². The molecule has 2 rings (SSSR count). The smallest absolute Gasteiger partial charge is 0.550 e. The van der Waals surface area contributed by atoms with Crippen LogP contribution in [0.4, 0.5) is 0 Å². The Hall–Kier alpha value is -1.29. The van der Waals surface area contributed by atoms with Crippen molar-refractivity contribution in [3.05, 3.63) is 54.6 Å². The summed E-state index contributed by atoms with van der Waals surface area (Å²) in [5.41, 5.74) is 2.35. The Labute approximate surface area is 153 Å². The van der Waals surface area contributed by atoms with Gasteiger partial charge < -0.3 is 14.6 Å². The van der Waals surface area contributed by atoms with E-state index in [0.29, 0.717) is 13.0 Å². The summed E-state index contributed by atoms with van der Waals surface area (Å²) < 4.78 is 5.64. The van der Waals surface area contributed by atoms with E-state index < -0.39 is 5.97 Å². The van der Waals surface area contributed by atoms with Crippen LogP contribution in [0.5, 0.6) is 5.75 Å². The summed E-state index contributed by atoms with van der Waals surface area (Å²) in [7, 11) is 0. The third kappa shape index (κ3) is 6.65. The zero-order valence-corrected chi connectivity index (χ0v) is 15.0. The van der Waals surface area contributed by atoms with Crippen LogP contribution in [0.3, 0.4) is 0 Å². The maximum absolute atomic E-state index is 10.3. The second-order valence-electron chi connectivity index (χ2n) is 4.92. The van der Waals surface area contributed by atoms with Crippen molar-refractivity contribution in [2.24, 2.45) is 0 Å². The molecule has 0 fully saturated rings. The Balaban J connectivity index is 0.00000242. The van der Waals surface area contributed by atoms with Crippen molar-refractivity contribution in [2.75, 3.05) is 6.61 Å². The number of carboxylic acids is 1. The molecule has 0 aliphatic rings. The Morgan fingerprint density at radius 1 is 0.864 bits per heavy atom. The van der Waals surface area contributed by atoms with Crippen LogP contribution < -0.4 is 39.4 Å². The van der Waals surface area contributed by atoms with Gasteiger partial charge in [0.1, 0.15) is 5.75 Å². The summed E-state index contributed by atoms with van der Waals surface area (Å²) in [4.78, 5) is 10.3. The Kier molecular flexibility index (Phi) is 8.90. The van der Waals surface area contributed by atoms with Gasteiger partial charge in [0.2, 0.25) is 0 Å². The summed E-state index contributed by atoms with van der Waals surface area (Å²) in [5, 5.41) is 10.3. The Morgan fingerprint density at radius 2 is 1.50 bits per heavy atom. The van der Waals surface area contributed by atoms with Crippen LogP contribution in [0.2, 0.25) is 0 Å². The van der Waals surface area contributed by atoms with Gasteiger partial charge in [0, 0.05) is 5.97 Å². The van der Waals surface area contributed by atoms with Crippen molar-refractivity contribution in [3.63, 3.8) is 0 Å². The van der Waals surface area contributed by atoms with Crippen LogP contribution >= 0.6 is 0 Å². The number of unbranched alkanes of at least 4 members (excludes halogenated alkanes) is 2. The van der Waals surface area contributed by atoms with E-state index in [-0.39, 0.29) is 36.0 Å². The molecule has 0 N–H and O–H groups in total. The van der Waals surface area contributed by atoms with Crippen LogP contribution in [0, 0.1) is 0 Å². The number of hydrogen-bond donors (Lipinski definition) is 0. The number of carboxylic acid groups (broad SMARTS) is 1. The molecule has 2 aromatic rings. The van der Waals surface area contributed by atoms with Gasteiger partial charge >= 0.3 is 29.6 Å². The summed E-state index contributed by atoms with van der Waals surface area (Å²) in [6.45, 7) is 0.609. The van der Waals surface area contributed by atoms with E-state index in [1.54, 1.807) is 0 Å². The van der Waals surface area contributed by atoms with Crippen molar-refractivity contribution < 1.29 is 44.2 Å². The van der Waals surface area contributed by atoms with Crippen molar-refractivity contribution in [3.8, 4) is 16.9 Å². The molecule has 0 amide bonds. The van der Waals surface area contributed by atoms with Crippen LogP contribution in [0.1, 0.15) is 25.7 Å². The zero-order chi connectivity index (χ0) is 14.9. The van der Waals surface area contributed by atoms with Gasteiger partial charge in [-0.2, -0.15) is 0 Å². The number of hydrogen-bond acceptors (Lipinski definition) is 3. The first-order valence-corrected chi connectivity index (χ1v) is 7.24. The molecule has 3 nitrogen and oxygen atoms in total. The van der Waals surface area contributed by atoms with E-state index in [4.69, 9.17) is 4.74 Å². The molecule has 2 aromatic carbocycles. The van der Waals surface area contributed by atoms with E-state index in [9.17, 15) is 9.90 Å². The van der Waals surface area contributed by atoms with Crippen molar-refractivity contribution >= 4 is 5.97 Å². The van der Waals surface area contributed by atoms with Crippen molar-refractivity contribution in [1.82, 2.24) is 0 Å². The molecule has 110 valence electrons. The van der Waals surface area contributed by atoms with E-state index in [2.05, 4.69) is 12.1 Å². The molecule has 0 aliphatic carbocycles. The molecule has 0 bridgehead atoms.